The molecule has 0 aliphatic rings. The molecule has 4 heterocycles. The van der Waals surface area contributed by atoms with Crippen LogP contribution in [0.3, 0.4) is 0 Å². The number of fused-ring (bicyclic) bond motifs is 1. The van der Waals surface area contributed by atoms with Crippen LogP contribution in [0.4, 0.5) is 0 Å². The van der Waals surface area contributed by atoms with Crippen molar-refractivity contribution in [3.63, 3.8) is 0 Å². The molecule has 1 N–H and O–H groups in total. The van der Waals surface area contributed by atoms with Gasteiger partial charge in [-0.25, -0.2) is 4.98 Å². The normalized spacial score (nSPS) is 12.5. The summed E-state index contributed by atoms with van der Waals surface area (Å²) < 4.78 is 12.7. The number of aromatic nitrogens is 4. The van der Waals surface area contributed by atoms with E-state index < -0.39 is 0 Å². The van der Waals surface area contributed by atoms with E-state index in [-0.39, 0.29) is 5.56 Å². The van der Waals surface area contributed by atoms with Crippen molar-refractivity contribution in [2.45, 2.75) is 20.0 Å². The number of thiophene rings is 1. The van der Waals surface area contributed by atoms with Crippen LogP contribution in [0.25, 0.3) is 16.4 Å². The van der Waals surface area contributed by atoms with E-state index in [1.807, 2.05) is 42.6 Å². The average molecular weight is 412 g/mol. The summed E-state index contributed by atoms with van der Waals surface area (Å²) in [5.41, 5.74) is 2.16. The van der Waals surface area contributed by atoms with E-state index >= 15 is 0 Å². The van der Waals surface area contributed by atoms with Crippen molar-refractivity contribution in [3.8, 4) is 10.8 Å². The number of nitrogens with one attached hydrogen (secondary N) is 1. The Bertz CT molecular complexity index is 1150. The number of nitrogens with zero attached hydrogens (tertiary/aromatic N) is 4. The predicted octanol–water partition coefficient (Wildman–Crippen LogP) is 1.35. The van der Waals surface area contributed by atoms with Gasteiger partial charge in [0.05, 0.1) is 11.5 Å². The van der Waals surface area contributed by atoms with Gasteiger partial charge in [0, 0.05) is 18.9 Å². The Morgan fingerprint density at radius 3 is 2.90 bits per heavy atom. The minimum absolute atomic E-state index is 0.0769. The highest BCUT2D eigenvalue weighted by Gasteiger charge is 2.18. The van der Waals surface area contributed by atoms with Crippen molar-refractivity contribution in [2.75, 3.05) is 20.3 Å². The molecular formula is C20H22N5O3S+. The van der Waals surface area contributed by atoms with Crippen LogP contribution in [0.1, 0.15) is 17.3 Å². The van der Waals surface area contributed by atoms with E-state index in [4.69, 9.17) is 9.15 Å². The monoisotopic (exact) mass is 412 g/mol. The Labute approximate surface area is 171 Å². The molecule has 0 aliphatic carbocycles. The van der Waals surface area contributed by atoms with Crippen LogP contribution in [0, 0.1) is 6.92 Å². The fourth-order valence-corrected chi connectivity index (χ4v) is 3.88. The molecule has 0 aliphatic heterocycles. The van der Waals surface area contributed by atoms with Crippen LogP contribution in [-0.2, 0) is 17.8 Å². The van der Waals surface area contributed by atoms with Crippen molar-refractivity contribution in [3.05, 3.63) is 69.4 Å². The zero-order chi connectivity index (χ0) is 20.2. The first-order valence-corrected chi connectivity index (χ1v) is 10.2. The largest absolute Gasteiger partial charge is 0.414 e. The first-order valence-electron chi connectivity index (χ1n) is 9.31. The fraction of sp³-hybridized carbons (Fsp3) is 0.300. The molecule has 150 valence electrons. The van der Waals surface area contributed by atoms with Gasteiger partial charge in [-0.05, 0) is 30.5 Å². The molecule has 0 radical (unpaired) electrons. The Balaban J connectivity index is 1.56. The summed E-state index contributed by atoms with van der Waals surface area (Å²) in [5, 5.41) is 10.3. The summed E-state index contributed by atoms with van der Waals surface area (Å²) in [6, 6.07) is 11.1. The second kappa shape index (κ2) is 8.64. The van der Waals surface area contributed by atoms with Crippen molar-refractivity contribution < 1.29 is 14.1 Å². The highest BCUT2D eigenvalue weighted by atomic mass is 32.1. The van der Waals surface area contributed by atoms with Crippen LogP contribution in [0.15, 0.2) is 51.0 Å². The number of ether oxygens (including phenoxy) is 1. The van der Waals surface area contributed by atoms with Gasteiger partial charge in [0.2, 0.25) is 0 Å². The standard InChI is InChI=1S/C20H21N5O3S/c1-14-5-3-7-17-21-15(11-19(26)25(14)17)12-24(8-9-27-2)13-18-22-23-20(28-18)16-6-4-10-29-16/h3-7,10-11H,8-9,12-13H2,1-2H3/p+1. The van der Waals surface area contributed by atoms with Gasteiger partial charge in [0.15, 0.2) is 6.54 Å². The lowest BCUT2D eigenvalue weighted by atomic mass is 10.3. The summed E-state index contributed by atoms with van der Waals surface area (Å²) in [5.74, 6) is 1.08. The third kappa shape index (κ3) is 4.42. The molecule has 29 heavy (non-hydrogen) atoms. The van der Waals surface area contributed by atoms with E-state index in [1.165, 1.54) is 0 Å². The van der Waals surface area contributed by atoms with Gasteiger partial charge in [-0.15, -0.1) is 21.5 Å². The lowest BCUT2D eigenvalue weighted by Gasteiger charge is -2.17. The first-order chi connectivity index (χ1) is 14.1. The molecule has 4 aromatic heterocycles. The van der Waals surface area contributed by atoms with Gasteiger partial charge in [0.25, 0.3) is 17.3 Å². The molecule has 0 bridgehead atoms. The Morgan fingerprint density at radius 2 is 2.10 bits per heavy atom. The summed E-state index contributed by atoms with van der Waals surface area (Å²) in [4.78, 5) is 19.3. The topological polar surface area (TPSA) is 87.0 Å². The number of rotatable bonds is 8. The van der Waals surface area contributed by atoms with Crippen LogP contribution in [0.2, 0.25) is 0 Å². The average Bonchev–Trinajstić information content (AvgIpc) is 3.37. The molecule has 4 rings (SSSR count). The van der Waals surface area contributed by atoms with Gasteiger partial charge < -0.3 is 14.1 Å². The first kappa shape index (κ1) is 19.4. The molecular weight excluding hydrogens is 390 g/mol. The van der Waals surface area contributed by atoms with Crippen molar-refractivity contribution >= 4 is 17.0 Å². The van der Waals surface area contributed by atoms with E-state index in [0.29, 0.717) is 37.1 Å². The fourth-order valence-electron chi connectivity index (χ4n) is 3.23. The smallest absolute Gasteiger partial charge is 0.271 e. The third-order valence-corrected chi connectivity index (χ3v) is 5.48. The molecule has 0 spiro atoms. The van der Waals surface area contributed by atoms with E-state index in [0.717, 1.165) is 27.7 Å². The molecule has 1 atom stereocenters. The molecule has 0 fully saturated rings. The van der Waals surface area contributed by atoms with Gasteiger partial charge in [0.1, 0.15) is 24.4 Å². The van der Waals surface area contributed by atoms with Crippen molar-refractivity contribution in [2.24, 2.45) is 0 Å². The number of hydrogen-bond acceptors (Lipinski definition) is 7. The van der Waals surface area contributed by atoms with Gasteiger partial charge in [-0.2, -0.15) is 0 Å². The zero-order valence-corrected chi connectivity index (χ0v) is 17.1. The second-order valence-corrected chi connectivity index (χ2v) is 7.72. The lowest BCUT2D eigenvalue weighted by molar-refractivity contribution is -0.929. The van der Waals surface area contributed by atoms with Crippen molar-refractivity contribution in [1.29, 1.82) is 0 Å². The predicted molar refractivity (Wildman–Crippen MR) is 109 cm³/mol. The SMILES string of the molecule is COCC[NH+](Cc1cc(=O)n2c(C)cccc2n1)Cc1nnc(-c2cccs2)o1. The Kier molecular flexibility index (Phi) is 5.79. The van der Waals surface area contributed by atoms with Crippen LogP contribution < -0.4 is 10.5 Å². The van der Waals surface area contributed by atoms with Gasteiger partial charge in [-0.1, -0.05) is 12.1 Å². The Morgan fingerprint density at radius 1 is 1.21 bits per heavy atom. The summed E-state index contributed by atoms with van der Waals surface area (Å²) in [6.45, 7) is 4.28. The maximum atomic E-state index is 12.6. The van der Waals surface area contributed by atoms with Crippen LogP contribution >= 0.6 is 11.3 Å². The van der Waals surface area contributed by atoms with Crippen LogP contribution in [0.5, 0.6) is 0 Å². The Hall–Kier alpha value is -2.88. The quantitative estimate of drug-likeness (QED) is 0.470. The lowest BCUT2D eigenvalue weighted by Crippen LogP contribution is -3.10. The number of methoxy groups -OCH3 is 1. The van der Waals surface area contributed by atoms with E-state index in [1.54, 1.807) is 28.9 Å². The van der Waals surface area contributed by atoms with Gasteiger partial charge in [-0.3, -0.25) is 9.20 Å². The molecule has 9 heteroatoms. The maximum Gasteiger partial charge on any atom is 0.271 e. The highest BCUT2D eigenvalue weighted by Crippen LogP contribution is 2.22. The molecule has 0 saturated carbocycles. The third-order valence-electron chi connectivity index (χ3n) is 4.62. The maximum absolute atomic E-state index is 12.6. The minimum atomic E-state index is -0.0769. The number of hydrogen-bond donors (Lipinski definition) is 1. The summed E-state index contributed by atoms with van der Waals surface area (Å²) in [7, 11) is 1.67. The van der Waals surface area contributed by atoms with Gasteiger partial charge >= 0.3 is 0 Å². The summed E-state index contributed by atoms with van der Waals surface area (Å²) in [6.07, 6.45) is 0. The summed E-state index contributed by atoms with van der Waals surface area (Å²) >= 11 is 1.56. The number of pyridine rings is 1. The molecule has 1 unspecified atom stereocenters. The van der Waals surface area contributed by atoms with E-state index in [9.17, 15) is 4.79 Å². The van der Waals surface area contributed by atoms with Crippen LogP contribution in [-0.4, -0.2) is 39.8 Å². The minimum Gasteiger partial charge on any atom is -0.414 e. The molecule has 0 amide bonds. The number of aryl methyl sites for hydroxylation is 1. The van der Waals surface area contributed by atoms with E-state index in [2.05, 4.69) is 15.2 Å². The number of quaternary nitrogens is 1. The van der Waals surface area contributed by atoms with Crippen molar-refractivity contribution in [1.82, 2.24) is 19.6 Å². The molecule has 0 aromatic carbocycles. The zero-order valence-electron chi connectivity index (χ0n) is 16.3. The second-order valence-electron chi connectivity index (χ2n) is 6.77. The highest BCUT2D eigenvalue weighted by molar-refractivity contribution is 7.13. The molecule has 4 aromatic rings. The molecule has 0 saturated heterocycles. The molecule has 8 nitrogen and oxygen atoms in total.